The number of alkyl halides is 3. The van der Waals surface area contributed by atoms with E-state index in [0.717, 1.165) is 11.8 Å². The van der Waals surface area contributed by atoms with Crippen molar-refractivity contribution in [3.63, 3.8) is 0 Å². The van der Waals surface area contributed by atoms with Gasteiger partial charge in [0.25, 0.3) is 5.91 Å². The van der Waals surface area contributed by atoms with Crippen molar-refractivity contribution in [1.29, 1.82) is 0 Å². The topological polar surface area (TPSA) is 58.8 Å². The molecule has 0 radical (unpaired) electrons. The van der Waals surface area contributed by atoms with Crippen LogP contribution in [0.3, 0.4) is 0 Å². The van der Waals surface area contributed by atoms with E-state index in [0.29, 0.717) is 26.2 Å². The van der Waals surface area contributed by atoms with Gasteiger partial charge in [-0.05, 0) is 43.3 Å². The van der Waals surface area contributed by atoms with E-state index < -0.39 is 12.1 Å². The highest BCUT2D eigenvalue weighted by Gasteiger charge is 2.34. The number of aromatic nitrogens is 1. The minimum absolute atomic E-state index is 0.00619. The first-order valence-corrected chi connectivity index (χ1v) is 9.84. The minimum Gasteiger partial charge on any atom is -0.405 e. The number of hydrogen-bond donors (Lipinski definition) is 0. The lowest BCUT2D eigenvalue weighted by molar-refractivity contribution is -0.274. The number of halogens is 4. The Kier molecular flexibility index (Phi) is 5.77. The molecule has 168 valence electrons. The van der Waals surface area contributed by atoms with Crippen LogP contribution >= 0.6 is 0 Å². The molecular weight excluding hydrogens is 430 g/mol. The fourth-order valence-electron chi connectivity index (χ4n) is 3.66. The van der Waals surface area contributed by atoms with Gasteiger partial charge in [-0.15, -0.1) is 13.2 Å². The Labute approximate surface area is 181 Å². The van der Waals surface area contributed by atoms with Crippen LogP contribution in [0.5, 0.6) is 5.75 Å². The Morgan fingerprint density at radius 2 is 1.69 bits per heavy atom. The van der Waals surface area contributed by atoms with Gasteiger partial charge in [0.05, 0.1) is 0 Å². The molecule has 1 amide bonds. The molecule has 0 N–H and O–H groups in total. The number of piperazine rings is 1. The molecule has 1 aliphatic rings. The normalized spacial score (nSPS) is 14.5. The van der Waals surface area contributed by atoms with Crippen LogP contribution < -0.4 is 9.64 Å². The number of carbonyl (C=O) groups is 1. The summed E-state index contributed by atoms with van der Waals surface area (Å²) in [6.07, 6.45) is -4.89. The lowest BCUT2D eigenvalue weighted by Crippen LogP contribution is -2.49. The van der Waals surface area contributed by atoms with Crippen molar-refractivity contribution in [2.45, 2.75) is 13.3 Å². The molecule has 1 fully saturated rings. The van der Waals surface area contributed by atoms with Crippen LogP contribution in [-0.2, 0) is 0 Å². The molecule has 32 heavy (non-hydrogen) atoms. The lowest BCUT2D eigenvalue weighted by atomic mass is 10.0. The van der Waals surface area contributed by atoms with Crippen molar-refractivity contribution in [3.05, 3.63) is 65.7 Å². The van der Waals surface area contributed by atoms with Gasteiger partial charge in [-0.25, -0.2) is 4.39 Å². The number of amides is 1. The molecule has 4 rings (SSSR count). The van der Waals surface area contributed by atoms with E-state index in [1.165, 1.54) is 37.3 Å². The summed E-state index contributed by atoms with van der Waals surface area (Å²) in [5, 5.41) is 3.85. The van der Waals surface area contributed by atoms with E-state index >= 15 is 0 Å². The molecular formula is C22H19F4N3O3. The Balaban J connectivity index is 1.56. The highest BCUT2D eigenvalue weighted by molar-refractivity contribution is 6.01. The van der Waals surface area contributed by atoms with Crippen molar-refractivity contribution in [1.82, 2.24) is 10.1 Å². The monoisotopic (exact) mass is 449 g/mol. The Morgan fingerprint density at radius 1 is 1.03 bits per heavy atom. The minimum atomic E-state index is -4.89. The highest BCUT2D eigenvalue weighted by Crippen LogP contribution is 2.36. The van der Waals surface area contributed by atoms with Gasteiger partial charge >= 0.3 is 6.36 Å². The maximum absolute atomic E-state index is 13.3. The van der Waals surface area contributed by atoms with Crippen LogP contribution in [0.15, 0.2) is 53.1 Å². The molecule has 1 aromatic heterocycles. The second-order valence-corrected chi connectivity index (χ2v) is 7.26. The van der Waals surface area contributed by atoms with E-state index in [-0.39, 0.29) is 34.3 Å². The first-order chi connectivity index (χ1) is 15.2. The van der Waals surface area contributed by atoms with Crippen molar-refractivity contribution < 1.29 is 31.6 Å². The van der Waals surface area contributed by atoms with Crippen LogP contribution in [0, 0.1) is 12.7 Å². The standard InChI is InChI=1S/C22H19F4N3O3/c1-14-19(20(27-32-14)17-4-2-3-5-18(17)31-22(24,25)26)21(30)29-12-10-28(11-13-29)16-8-6-15(23)7-9-16/h2-9H,10-13H2,1H3. The third-order valence-corrected chi connectivity index (χ3v) is 5.20. The summed E-state index contributed by atoms with van der Waals surface area (Å²) >= 11 is 0. The zero-order chi connectivity index (χ0) is 22.9. The van der Waals surface area contributed by atoms with E-state index in [1.807, 2.05) is 4.90 Å². The second kappa shape index (κ2) is 8.52. The third-order valence-electron chi connectivity index (χ3n) is 5.20. The highest BCUT2D eigenvalue weighted by atomic mass is 19.4. The Bertz CT molecular complexity index is 1100. The Morgan fingerprint density at radius 3 is 2.34 bits per heavy atom. The number of aryl methyl sites for hydroxylation is 1. The molecule has 2 aromatic carbocycles. The molecule has 10 heteroatoms. The van der Waals surface area contributed by atoms with Gasteiger partial charge in [0, 0.05) is 37.4 Å². The van der Waals surface area contributed by atoms with Gasteiger partial charge in [0.1, 0.15) is 28.6 Å². The molecule has 3 aromatic rings. The summed E-state index contributed by atoms with van der Waals surface area (Å²) in [7, 11) is 0. The molecule has 0 aliphatic carbocycles. The SMILES string of the molecule is Cc1onc(-c2ccccc2OC(F)(F)F)c1C(=O)N1CCN(c2ccc(F)cc2)CC1. The van der Waals surface area contributed by atoms with E-state index in [4.69, 9.17) is 4.52 Å². The summed E-state index contributed by atoms with van der Waals surface area (Å²) in [4.78, 5) is 16.9. The molecule has 0 bridgehead atoms. The summed E-state index contributed by atoms with van der Waals surface area (Å²) in [5.74, 6) is -0.983. The summed E-state index contributed by atoms with van der Waals surface area (Å²) in [6, 6.07) is 11.6. The lowest BCUT2D eigenvalue weighted by Gasteiger charge is -2.36. The quantitative estimate of drug-likeness (QED) is 0.543. The number of ether oxygens (including phenoxy) is 1. The number of anilines is 1. The van der Waals surface area contributed by atoms with Crippen molar-refractivity contribution in [2.75, 3.05) is 31.1 Å². The van der Waals surface area contributed by atoms with Gasteiger partial charge < -0.3 is 19.1 Å². The zero-order valence-electron chi connectivity index (χ0n) is 17.0. The number of para-hydroxylation sites is 1. The maximum atomic E-state index is 13.3. The first-order valence-electron chi connectivity index (χ1n) is 9.84. The van der Waals surface area contributed by atoms with Crippen molar-refractivity contribution >= 4 is 11.6 Å². The summed E-state index contributed by atoms with van der Waals surface area (Å²) in [5.41, 5.74) is 0.945. The van der Waals surface area contributed by atoms with Gasteiger partial charge in [-0.1, -0.05) is 17.3 Å². The number of carbonyl (C=O) groups excluding carboxylic acids is 1. The average molecular weight is 449 g/mol. The van der Waals surface area contributed by atoms with Crippen LogP contribution in [0.25, 0.3) is 11.3 Å². The van der Waals surface area contributed by atoms with Crippen LogP contribution in [-0.4, -0.2) is 48.5 Å². The molecule has 0 spiro atoms. The summed E-state index contributed by atoms with van der Waals surface area (Å²) < 4.78 is 60.9. The third kappa shape index (κ3) is 4.53. The molecule has 1 aliphatic heterocycles. The predicted octanol–water partition coefficient (Wildman–Crippen LogP) is 4.65. The molecule has 1 saturated heterocycles. The van der Waals surface area contributed by atoms with E-state index in [1.54, 1.807) is 17.0 Å². The molecule has 0 unspecified atom stereocenters. The van der Waals surface area contributed by atoms with Gasteiger partial charge in [-0.2, -0.15) is 0 Å². The number of nitrogens with zero attached hydrogens (tertiary/aromatic N) is 3. The van der Waals surface area contributed by atoms with Crippen LogP contribution in [0.1, 0.15) is 16.1 Å². The van der Waals surface area contributed by atoms with E-state index in [9.17, 15) is 22.4 Å². The van der Waals surface area contributed by atoms with Crippen molar-refractivity contribution in [2.24, 2.45) is 0 Å². The second-order valence-electron chi connectivity index (χ2n) is 7.26. The smallest absolute Gasteiger partial charge is 0.405 e. The number of rotatable bonds is 4. The molecule has 0 saturated carbocycles. The number of benzene rings is 2. The average Bonchev–Trinajstić information content (AvgIpc) is 3.14. The summed E-state index contributed by atoms with van der Waals surface area (Å²) in [6.45, 7) is 3.32. The predicted molar refractivity (Wildman–Crippen MR) is 108 cm³/mol. The van der Waals surface area contributed by atoms with Gasteiger partial charge in [-0.3, -0.25) is 4.79 Å². The molecule has 0 atom stereocenters. The maximum Gasteiger partial charge on any atom is 0.573 e. The van der Waals surface area contributed by atoms with Gasteiger partial charge in [0.2, 0.25) is 0 Å². The molecule has 6 nitrogen and oxygen atoms in total. The zero-order valence-corrected chi connectivity index (χ0v) is 17.0. The van der Waals surface area contributed by atoms with Crippen LogP contribution in [0.2, 0.25) is 0 Å². The van der Waals surface area contributed by atoms with Crippen LogP contribution in [0.4, 0.5) is 23.2 Å². The van der Waals surface area contributed by atoms with Gasteiger partial charge in [0.15, 0.2) is 0 Å². The first kappa shape index (κ1) is 21.7. The van der Waals surface area contributed by atoms with E-state index in [2.05, 4.69) is 9.89 Å². The Hall–Kier alpha value is -3.56. The molecule has 2 heterocycles. The largest absolute Gasteiger partial charge is 0.573 e. The number of hydrogen-bond acceptors (Lipinski definition) is 5. The van der Waals surface area contributed by atoms with Crippen molar-refractivity contribution in [3.8, 4) is 17.0 Å². The fraction of sp³-hybridized carbons (Fsp3) is 0.273. The fourth-order valence-corrected chi connectivity index (χ4v) is 3.66.